The second kappa shape index (κ2) is 6.29. The molecule has 132 valence electrons. The van der Waals surface area contributed by atoms with Crippen LogP contribution in [0.15, 0.2) is 23.6 Å². The number of likely N-dealkylation sites (N-methyl/N-ethyl adjacent to an activating group) is 1. The first-order valence-corrected chi connectivity index (χ1v) is 7.86. The average molecular weight is 346 g/mol. The molecule has 8 heteroatoms. The van der Waals surface area contributed by atoms with Crippen LogP contribution in [0.3, 0.4) is 0 Å². The molecule has 1 N–H and O–H groups in total. The van der Waals surface area contributed by atoms with Crippen LogP contribution in [0, 0.1) is 5.82 Å². The summed E-state index contributed by atoms with van der Waals surface area (Å²) in [6.07, 6.45) is 3.38. The minimum absolute atomic E-state index is 0.0793. The van der Waals surface area contributed by atoms with E-state index in [2.05, 4.69) is 16.5 Å². The van der Waals surface area contributed by atoms with Crippen LogP contribution in [0.4, 0.5) is 10.2 Å². The number of aromatic carboxylic acids is 1. The van der Waals surface area contributed by atoms with Crippen LogP contribution in [-0.4, -0.2) is 58.8 Å². The Morgan fingerprint density at radius 2 is 2.24 bits per heavy atom. The van der Waals surface area contributed by atoms with Crippen LogP contribution in [0.1, 0.15) is 16.8 Å². The van der Waals surface area contributed by atoms with Gasteiger partial charge in [-0.15, -0.1) is 0 Å². The Morgan fingerprint density at radius 1 is 1.52 bits per heavy atom. The van der Waals surface area contributed by atoms with Gasteiger partial charge in [0.15, 0.2) is 17.3 Å². The lowest BCUT2D eigenvalue weighted by atomic mass is 10.2. The number of halogens is 1. The summed E-state index contributed by atoms with van der Waals surface area (Å²) in [6.45, 7) is 4.90. The molecule has 0 aromatic carbocycles. The summed E-state index contributed by atoms with van der Waals surface area (Å²) in [4.78, 5) is 31.8. The number of aromatic nitrogens is 2. The van der Waals surface area contributed by atoms with E-state index in [0.29, 0.717) is 19.1 Å². The topological polar surface area (TPSA) is 78.7 Å². The summed E-state index contributed by atoms with van der Waals surface area (Å²) < 4.78 is 15.9. The highest BCUT2D eigenvalue weighted by Crippen LogP contribution is 2.25. The van der Waals surface area contributed by atoms with Crippen molar-refractivity contribution >= 4 is 29.0 Å². The Balaban J connectivity index is 2.17. The highest BCUT2D eigenvalue weighted by atomic mass is 19.1. The number of carbonyl (C=O) groups is 1. The van der Waals surface area contributed by atoms with Gasteiger partial charge in [0.05, 0.1) is 5.39 Å². The zero-order valence-electron chi connectivity index (χ0n) is 14.1. The van der Waals surface area contributed by atoms with Gasteiger partial charge < -0.3 is 19.5 Å². The number of hydrogen-bond donors (Lipinski definition) is 1. The van der Waals surface area contributed by atoms with Crippen LogP contribution in [0.25, 0.3) is 17.2 Å². The van der Waals surface area contributed by atoms with Crippen LogP contribution in [0.5, 0.6) is 0 Å². The van der Waals surface area contributed by atoms with E-state index in [0.717, 1.165) is 18.7 Å². The fraction of sp³-hybridized carbons (Fsp3) is 0.353. The van der Waals surface area contributed by atoms with Gasteiger partial charge in [-0.05, 0) is 26.6 Å². The summed E-state index contributed by atoms with van der Waals surface area (Å²) >= 11 is 0. The van der Waals surface area contributed by atoms with E-state index < -0.39 is 22.8 Å². The molecular weight excluding hydrogens is 327 g/mol. The Bertz CT molecular complexity index is 922. The molecule has 7 nitrogen and oxygen atoms in total. The average Bonchev–Trinajstić information content (AvgIpc) is 3.05. The fourth-order valence-corrected chi connectivity index (χ4v) is 3.11. The standard InChI is InChI=1S/C17H19FN4O3/c1-4-21-9-12(17(24)25)14(23)11-7-13(18)16(19-15(11)21)22-6-5-10(8-22)20(2)3/h4,7,9-10H,1,5-6,8H2,2-3H3,(H,24,25). The minimum atomic E-state index is -1.37. The minimum Gasteiger partial charge on any atom is -0.477 e. The first kappa shape index (κ1) is 17.1. The largest absolute Gasteiger partial charge is 0.477 e. The van der Waals surface area contributed by atoms with Crippen molar-refractivity contribution in [2.24, 2.45) is 0 Å². The first-order valence-electron chi connectivity index (χ1n) is 7.86. The maximum atomic E-state index is 14.6. The first-order chi connectivity index (χ1) is 11.8. The molecule has 1 atom stereocenters. The van der Waals surface area contributed by atoms with E-state index in [1.165, 1.54) is 10.8 Å². The third-order valence-corrected chi connectivity index (χ3v) is 4.56. The number of carboxylic acid groups (broad SMARTS) is 1. The predicted octanol–water partition coefficient (Wildman–Crippen LogP) is 1.47. The van der Waals surface area contributed by atoms with Crippen molar-refractivity contribution in [3.8, 4) is 0 Å². The Labute approximate surface area is 143 Å². The highest BCUT2D eigenvalue weighted by molar-refractivity contribution is 5.92. The van der Waals surface area contributed by atoms with Gasteiger partial charge in [-0.2, -0.15) is 0 Å². The molecule has 1 aliphatic rings. The van der Waals surface area contributed by atoms with Gasteiger partial charge in [-0.25, -0.2) is 14.2 Å². The quantitative estimate of drug-likeness (QED) is 0.903. The molecule has 2 aromatic rings. The molecule has 0 spiro atoms. The van der Waals surface area contributed by atoms with Gasteiger partial charge in [-0.1, -0.05) is 6.58 Å². The van der Waals surface area contributed by atoms with Crippen LogP contribution in [0.2, 0.25) is 0 Å². The van der Waals surface area contributed by atoms with E-state index in [9.17, 15) is 14.0 Å². The zero-order valence-corrected chi connectivity index (χ0v) is 14.1. The third kappa shape index (κ3) is 2.89. The lowest BCUT2D eigenvalue weighted by Crippen LogP contribution is -2.32. The maximum absolute atomic E-state index is 14.6. The third-order valence-electron chi connectivity index (χ3n) is 4.56. The monoisotopic (exact) mass is 346 g/mol. The number of fused-ring (bicyclic) bond motifs is 1. The zero-order chi connectivity index (χ0) is 18.3. The normalized spacial score (nSPS) is 17.4. The van der Waals surface area contributed by atoms with Crippen molar-refractivity contribution in [2.75, 3.05) is 32.1 Å². The molecule has 0 radical (unpaired) electrons. The number of carboxylic acids is 1. The number of hydrogen-bond acceptors (Lipinski definition) is 5. The van der Waals surface area contributed by atoms with E-state index in [-0.39, 0.29) is 16.9 Å². The van der Waals surface area contributed by atoms with Gasteiger partial charge in [0, 0.05) is 31.5 Å². The van der Waals surface area contributed by atoms with Crippen LogP contribution >= 0.6 is 0 Å². The maximum Gasteiger partial charge on any atom is 0.341 e. The van der Waals surface area contributed by atoms with Crippen molar-refractivity contribution in [3.05, 3.63) is 40.4 Å². The number of rotatable bonds is 4. The van der Waals surface area contributed by atoms with Gasteiger partial charge in [-0.3, -0.25) is 4.79 Å². The summed E-state index contributed by atoms with van der Waals surface area (Å²) in [7, 11) is 3.95. The number of nitrogens with zero attached hydrogens (tertiary/aromatic N) is 4. The van der Waals surface area contributed by atoms with Crippen LogP contribution < -0.4 is 10.3 Å². The second-order valence-electron chi connectivity index (χ2n) is 6.28. The lowest BCUT2D eigenvalue weighted by Gasteiger charge is -2.22. The molecule has 1 fully saturated rings. The summed E-state index contributed by atoms with van der Waals surface area (Å²) in [5, 5.41) is 9.07. The molecule has 1 aliphatic heterocycles. The Hall–Kier alpha value is -2.74. The van der Waals surface area contributed by atoms with Crippen LogP contribution in [-0.2, 0) is 0 Å². The van der Waals surface area contributed by atoms with E-state index in [1.807, 2.05) is 19.0 Å². The van der Waals surface area contributed by atoms with E-state index in [4.69, 9.17) is 5.11 Å². The molecule has 1 saturated heterocycles. The van der Waals surface area contributed by atoms with Gasteiger partial charge in [0.1, 0.15) is 5.56 Å². The van der Waals surface area contributed by atoms with Crippen molar-refractivity contribution in [1.29, 1.82) is 0 Å². The van der Waals surface area contributed by atoms with Gasteiger partial charge in [0.2, 0.25) is 5.43 Å². The Morgan fingerprint density at radius 3 is 2.80 bits per heavy atom. The second-order valence-corrected chi connectivity index (χ2v) is 6.28. The molecular formula is C17H19FN4O3. The molecule has 0 saturated carbocycles. The number of anilines is 1. The van der Waals surface area contributed by atoms with E-state index >= 15 is 0 Å². The van der Waals surface area contributed by atoms with Crippen molar-refractivity contribution < 1.29 is 14.3 Å². The van der Waals surface area contributed by atoms with E-state index in [1.54, 1.807) is 0 Å². The SMILES string of the molecule is C=Cn1cc(C(=O)O)c(=O)c2cc(F)c(N3CCC(N(C)C)C3)nc21. The van der Waals surface area contributed by atoms with Crippen molar-refractivity contribution in [2.45, 2.75) is 12.5 Å². The summed E-state index contributed by atoms with van der Waals surface area (Å²) in [5.74, 6) is -1.85. The predicted molar refractivity (Wildman–Crippen MR) is 93.6 cm³/mol. The molecule has 25 heavy (non-hydrogen) atoms. The molecule has 2 aromatic heterocycles. The molecule has 3 rings (SSSR count). The highest BCUT2D eigenvalue weighted by Gasteiger charge is 2.28. The molecule has 0 bridgehead atoms. The molecule has 3 heterocycles. The lowest BCUT2D eigenvalue weighted by molar-refractivity contribution is 0.0695. The summed E-state index contributed by atoms with van der Waals surface area (Å²) in [5.41, 5.74) is -1.02. The fourth-order valence-electron chi connectivity index (χ4n) is 3.11. The van der Waals surface area contributed by atoms with Gasteiger partial charge in [0.25, 0.3) is 0 Å². The molecule has 0 amide bonds. The Kier molecular flexibility index (Phi) is 4.30. The molecule has 1 unspecified atom stereocenters. The summed E-state index contributed by atoms with van der Waals surface area (Å²) in [6, 6.07) is 1.36. The van der Waals surface area contributed by atoms with Crippen molar-refractivity contribution in [3.63, 3.8) is 0 Å². The molecule has 0 aliphatic carbocycles. The number of pyridine rings is 2. The smallest absolute Gasteiger partial charge is 0.341 e. The van der Waals surface area contributed by atoms with Gasteiger partial charge >= 0.3 is 5.97 Å². The van der Waals surface area contributed by atoms with Crippen molar-refractivity contribution in [1.82, 2.24) is 14.5 Å².